The number of benzene rings is 1. The van der Waals surface area contributed by atoms with E-state index >= 15 is 0 Å². The van der Waals surface area contributed by atoms with Gasteiger partial charge in [-0.15, -0.1) is 11.3 Å². The molecule has 0 spiro atoms. The molecule has 8 heteroatoms. The highest BCUT2D eigenvalue weighted by molar-refractivity contribution is 7.13. The van der Waals surface area contributed by atoms with Gasteiger partial charge in [0.25, 0.3) is 11.8 Å². The van der Waals surface area contributed by atoms with E-state index in [1.807, 2.05) is 24.3 Å². The molecule has 1 aliphatic rings. The van der Waals surface area contributed by atoms with Crippen molar-refractivity contribution < 1.29 is 18.7 Å². The Labute approximate surface area is 166 Å². The fourth-order valence-electron chi connectivity index (χ4n) is 3.07. The molecule has 1 aromatic carbocycles. The van der Waals surface area contributed by atoms with Crippen molar-refractivity contribution in [2.45, 2.75) is 0 Å². The average Bonchev–Trinajstić information content (AvgIpc) is 3.45. The highest BCUT2D eigenvalue weighted by atomic mass is 32.1. The molecule has 1 fully saturated rings. The molecule has 2 aromatic heterocycles. The molecule has 7 nitrogen and oxygen atoms in total. The summed E-state index contributed by atoms with van der Waals surface area (Å²) in [6.07, 6.45) is 1.48. The number of furan rings is 1. The van der Waals surface area contributed by atoms with Crippen molar-refractivity contribution in [3.8, 4) is 16.3 Å². The molecule has 3 aromatic rings. The first kappa shape index (κ1) is 18.2. The van der Waals surface area contributed by atoms with Gasteiger partial charge in [0.2, 0.25) is 0 Å². The van der Waals surface area contributed by atoms with Gasteiger partial charge >= 0.3 is 0 Å². The molecule has 4 rings (SSSR count). The first-order valence-corrected chi connectivity index (χ1v) is 9.75. The fourth-order valence-corrected chi connectivity index (χ4v) is 3.87. The molecule has 0 saturated carbocycles. The second kappa shape index (κ2) is 7.85. The third kappa shape index (κ3) is 3.63. The van der Waals surface area contributed by atoms with Gasteiger partial charge in [-0.3, -0.25) is 9.59 Å². The number of hydrogen-bond acceptors (Lipinski definition) is 6. The lowest BCUT2D eigenvalue weighted by atomic mass is 10.2. The minimum atomic E-state index is -0.146. The second-order valence-electron chi connectivity index (χ2n) is 6.33. The molecule has 3 heterocycles. The molecule has 144 valence electrons. The number of hydrogen-bond donors (Lipinski definition) is 0. The van der Waals surface area contributed by atoms with E-state index in [-0.39, 0.29) is 11.8 Å². The van der Waals surface area contributed by atoms with Gasteiger partial charge in [-0.05, 0) is 36.4 Å². The lowest BCUT2D eigenvalue weighted by Gasteiger charge is -2.34. The van der Waals surface area contributed by atoms with Crippen LogP contribution in [0.15, 0.2) is 52.5 Å². The first-order valence-electron chi connectivity index (χ1n) is 8.87. The molecule has 0 aliphatic carbocycles. The van der Waals surface area contributed by atoms with Crippen LogP contribution in [0, 0.1) is 0 Å². The Morgan fingerprint density at radius 3 is 2.32 bits per heavy atom. The average molecular weight is 397 g/mol. The van der Waals surface area contributed by atoms with Crippen molar-refractivity contribution in [3.63, 3.8) is 0 Å². The summed E-state index contributed by atoms with van der Waals surface area (Å²) in [6.45, 7) is 1.89. The summed E-state index contributed by atoms with van der Waals surface area (Å²) in [5.74, 6) is 0.843. The molecule has 0 atom stereocenters. The van der Waals surface area contributed by atoms with Crippen LogP contribution >= 0.6 is 11.3 Å². The highest BCUT2D eigenvalue weighted by Gasteiger charge is 2.27. The fraction of sp³-hybridized carbons (Fsp3) is 0.250. The van der Waals surface area contributed by atoms with E-state index in [1.54, 1.807) is 34.4 Å². The number of carbonyl (C=O) groups is 2. The predicted octanol–water partition coefficient (Wildman–Crippen LogP) is 3.01. The van der Waals surface area contributed by atoms with Crippen LogP contribution in [0.3, 0.4) is 0 Å². The predicted molar refractivity (Wildman–Crippen MR) is 105 cm³/mol. The Balaban J connectivity index is 1.39. The van der Waals surface area contributed by atoms with Crippen LogP contribution in [0.5, 0.6) is 5.75 Å². The summed E-state index contributed by atoms with van der Waals surface area (Å²) >= 11 is 1.44. The third-order valence-electron chi connectivity index (χ3n) is 4.65. The van der Waals surface area contributed by atoms with Crippen LogP contribution in [-0.4, -0.2) is 59.9 Å². The van der Waals surface area contributed by atoms with E-state index < -0.39 is 0 Å². The summed E-state index contributed by atoms with van der Waals surface area (Å²) < 4.78 is 10.3. The van der Waals surface area contributed by atoms with Crippen LogP contribution in [0.25, 0.3) is 10.6 Å². The number of rotatable bonds is 4. The Kier molecular flexibility index (Phi) is 5.12. The molecule has 0 bridgehead atoms. The van der Waals surface area contributed by atoms with Crippen molar-refractivity contribution in [2.75, 3.05) is 33.3 Å². The van der Waals surface area contributed by atoms with E-state index in [0.717, 1.165) is 16.3 Å². The number of amides is 2. The SMILES string of the molecule is COc1ccc(-c2nc(C(=O)N3CCN(C(=O)c4ccco4)CC3)cs2)cc1. The zero-order valence-electron chi connectivity index (χ0n) is 15.3. The van der Waals surface area contributed by atoms with Gasteiger partial charge < -0.3 is 19.0 Å². The van der Waals surface area contributed by atoms with Gasteiger partial charge in [0.1, 0.15) is 16.5 Å². The summed E-state index contributed by atoms with van der Waals surface area (Å²) in [4.78, 5) is 33.0. The summed E-state index contributed by atoms with van der Waals surface area (Å²) in [6, 6.07) is 10.9. The van der Waals surface area contributed by atoms with Crippen LogP contribution < -0.4 is 4.74 Å². The number of nitrogens with zero attached hydrogens (tertiary/aromatic N) is 3. The Hall–Kier alpha value is -3.13. The molecular weight excluding hydrogens is 378 g/mol. The van der Waals surface area contributed by atoms with E-state index in [4.69, 9.17) is 9.15 Å². The lowest BCUT2D eigenvalue weighted by Crippen LogP contribution is -2.50. The number of piperazine rings is 1. The molecule has 1 saturated heterocycles. The minimum Gasteiger partial charge on any atom is -0.497 e. The molecule has 2 amide bonds. The van der Waals surface area contributed by atoms with E-state index in [1.165, 1.54) is 17.6 Å². The van der Waals surface area contributed by atoms with Gasteiger partial charge in [0, 0.05) is 37.1 Å². The summed E-state index contributed by atoms with van der Waals surface area (Å²) in [5.41, 5.74) is 1.38. The molecule has 28 heavy (non-hydrogen) atoms. The second-order valence-corrected chi connectivity index (χ2v) is 7.19. The summed E-state index contributed by atoms with van der Waals surface area (Å²) in [7, 11) is 1.62. The lowest BCUT2D eigenvalue weighted by molar-refractivity contribution is 0.0515. The Morgan fingerprint density at radius 1 is 1.04 bits per heavy atom. The Morgan fingerprint density at radius 2 is 1.71 bits per heavy atom. The standard InChI is InChI=1S/C20H19N3O4S/c1-26-15-6-4-14(5-7-15)18-21-16(13-28-18)19(24)22-8-10-23(11-9-22)20(25)17-3-2-12-27-17/h2-7,12-13H,8-11H2,1H3. The van der Waals surface area contributed by atoms with Gasteiger partial charge in [-0.1, -0.05) is 0 Å². The van der Waals surface area contributed by atoms with Crippen LogP contribution in [0.4, 0.5) is 0 Å². The molecule has 0 radical (unpaired) electrons. The van der Waals surface area contributed by atoms with Crippen LogP contribution in [0.1, 0.15) is 21.0 Å². The van der Waals surface area contributed by atoms with Crippen molar-refractivity contribution in [1.82, 2.24) is 14.8 Å². The molecule has 0 unspecified atom stereocenters. The van der Waals surface area contributed by atoms with Gasteiger partial charge in [-0.2, -0.15) is 0 Å². The van der Waals surface area contributed by atoms with Crippen molar-refractivity contribution in [2.24, 2.45) is 0 Å². The van der Waals surface area contributed by atoms with Crippen molar-refractivity contribution in [1.29, 1.82) is 0 Å². The maximum Gasteiger partial charge on any atom is 0.289 e. The minimum absolute atomic E-state index is 0.110. The zero-order chi connectivity index (χ0) is 19.5. The Bertz CT molecular complexity index is 958. The largest absolute Gasteiger partial charge is 0.497 e. The number of thiazole rings is 1. The maximum atomic E-state index is 12.8. The van der Waals surface area contributed by atoms with Crippen LogP contribution in [0.2, 0.25) is 0 Å². The van der Waals surface area contributed by atoms with Gasteiger partial charge in [0.05, 0.1) is 13.4 Å². The first-order chi connectivity index (χ1) is 13.7. The maximum absolute atomic E-state index is 12.8. The van der Waals surface area contributed by atoms with Gasteiger partial charge in [0.15, 0.2) is 5.76 Å². The number of ether oxygens (including phenoxy) is 1. The normalized spacial score (nSPS) is 14.2. The van der Waals surface area contributed by atoms with Crippen molar-refractivity contribution >= 4 is 23.2 Å². The van der Waals surface area contributed by atoms with E-state index in [2.05, 4.69) is 4.98 Å². The molecular formula is C20H19N3O4S. The zero-order valence-corrected chi connectivity index (χ0v) is 16.1. The topological polar surface area (TPSA) is 75.9 Å². The molecule has 0 N–H and O–H groups in total. The quantitative estimate of drug-likeness (QED) is 0.676. The smallest absolute Gasteiger partial charge is 0.289 e. The van der Waals surface area contributed by atoms with Crippen molar-refractivity contribution in [3.05, 3.63) is 59.5 Å². The van der Waals surface area contributed by atoms with E-state index in [0.29, 0.717) is 37.6 Å². The number of methoxy groups -OCH3 is 1. The summed E-state index contributed by atoms with van der Waals surface area (Å²) in [5, 5.41) is 2.57. The monoisotopic (exact) mass is 397 g/mol. The number of carbonyl (C=O) groups excluding carboxylic acids is 2. The number of aromatic nitrogens is 1. The third-order valence-corrected chi connectivity index (χ3v) is 5.54. The van der Waals surface area contributed by atoms with Gasteiger partial charge in [-0.25, -0.2) is 4.98 Å². The van der Waals surface area contributed by atoms with E-state index in [9.17, 15) is 9.59 Å². The molecule has 1 aliphatic heterocycles. The van der Waals surface area contributed by atoms with Crippen LogP contribution in [-0.2, 0) is 0 Å². The highest BCUT2D eigenvalue weighted by Crippen LogP contribution is 2.26.